The number of rotatable bonds is 6. The molecule has 0 unspecified atom stereocenters. The highest BCUT2D eigenvalue weighted by molar-refractivity contribution is 5.69. The number of carboxylic acids is 1. The minimum atomic E-state index is -0.707. The molecule has 4 heteroatoms. The molecule has 2 aliphatic carbocycles. The van der Waals surface area contributed by atoms with E-state index in [1.165, 1.54) is 7.11 Å². The molecule has 1 saturated carbocycles. The second-order valence-electron chi connectivity index (χ2n) is 7.28. The van der Waals surface area contributed by atoms with Gasteiger partial charge in [0, 0.05) is 6.42 Å². The van der Waals surface area contributed by atoms with Gasteiger partial charge in [0.2, 0.25) is 0 Å². The number of carbonyl (C=O) groups is 2. The van der Waals surface area contributed by atoms with Gasteiger partial charge in [-0.15, -0.1) is 0 Å². The summed E-state index contributed by atoms with van der Waals surface area (Å²) in [5.74, 6) is 0.794. The van der Waals surface area contributed by atoms with E-state index in [9.17, 15) is 9.59 Å². The van der Waals surface area contributed by atoms with Crippen LogP contribution in [0.5, 0.6) is 0 Å². The number of aliphatic carboxylic acids is 1. The highest BCUT2D eigenvalue weighted by Crippen LogP contribution is 2.58. The smallest absolute Gasteiger partial charge is 0.305 e. The van der Waals surface area contributed by atoms with E-state index in [4.69, 9.17) is 9.84 Å². The fourth-order valence-corrected chi connectivity index (χ4v) is 4.93. The molecule has 0 aromatic rings. The molecule has 124 valence electrons. The molecular weight excluding hydrogens is 280 g/mol. The van der Waals surface area contributed by atoms with Gasteiger partial charge in [-0.25, -0.2) is 0 Å². The molecule has 22 heavy (non-hydrogen) atoms. The summed E-state index contributed by atoms with van der Waals surface area (Å²) >= 11 is 0. The molecule has 4 nitrogen and oxygen atoms in total. The maximum absolute atomic E-state index is 11.4. The lowest BCUT2D eigenvalue weighted by molar-refractivity contribution is -0.141. The Bertz CT molecular complexity index is 456. The number of methoxy groups -OCH3 is 1. The number of carboxylic acid groups (broad SMARTS) is 1. The van der Waals surface area contributed by atoms with Gasteiger partial charge in [-0.05, 0) is 54.8 Å². The molecule has 0 spiro atoms. The molecule has 0 saturated heterocycles. The van der Waals surface area contributed by atoms with E-state index in [0.717, 1.165) is 25.7 Å². The van der Waals surface area contributed by atoms with Crippen molar-refractivity contribution >= 4 is 11.9 Å². The second-order valence-corrected chi connectivity index (χ2v) is 7.28. The van der Waals surface area contributed by atoms with Gasteiger partial charge in [0.1, 0.15) is 0 Å². The van der Waals surface area contributed by atoms with Crippen molar-refractivity contribution in [2.24, 2.45) is 29.1 Å². The van der Waals surface area contributed by atoms with E-state index in [1.807, 2.05) is 0 Å². The topological polar surface area (TPSA) is 63.6 Å². The van der Waals surface area contributed by atoms with Crippen molar-refractivity contribution in [1.82, 2.24) is 0 Å². The maximum atomic E-state index is 11.4. The summed E-state index contributed by atoms with van der Waals surface area (Å²) in [6, 6.07) is 0. The van der Waals surface area contributed by atoms with Crippen LogP contribution >= 0.6 is 0 Å². The quantitative estimate of drug-likeness (QED) is 0.601. The van der Waals surface area contributed by atoms with Crippen LogP contribution in [-0.4, -0.2) is 24.2 Å². The minimum absolute atomic E-state index is 0.140. The molecule has 2 rings (SSSR count). The van der Waals surface area contributed by atoms with Gasteiger partial charge >= 0.3 is 11.9 Å². The molecule has 0 aromatic heterocycles. The lowest BCUT2D eigenvalue weighted by atomic mass is 9.61. The van der Waals surface area contributed by atoms with E-state index in [2.05, 4.69) is 26.0 Å². The van der Waals surface area contributed by atoms with Crippen molar-refractivity contribution in [3.8, 4) is 0 Å². The molecule has 1 fully saturated rings. The lowest BCUT2D eigenvalue weighted by Crippen LogP contribution is -2.38. The SMILES string of the molecule is COC(=O)CC[C@@H](C)[C@H]1CC[C@H]2[C@H](CC(=O)O)C=CC[C@]12C. The van der Waals surface area contributed by atoms with Crippen LogP contribution < -0.4 is 0 Å². The molecule has 0 amide bonds. The van der Waals surface area contributed by atoms with E-state index in [1.54, 1.807) is 0 Å². The van der Waals surface area contributed by atoms with Crippen LogP contribution in [-0.2, 0) is 14.3 Å². The average molecular weight is 308 g/mol. The van der Waals surface area contributed by atoms with Crippen molar-refractivity contribution in [3.05, 3.63) is 12.2 Å². The minimum Gasteiger partial charge on any atom is -0.481 e. The standard InChI is InChI=1S/C18H28O4/c1-12(6-9-17(21)22-3)14-7-8-15-13(11-16(19)20)5-4-10-18(14,15)2/h4-5,12-15H,6-11H2,1-3H3,(H,19,20)/t12-,13+,14-,15+,18-/m1/s1. The van der Waals surface area contributed by atoms with Crippen molar-refractivity contribution < 1.29 is 19.4 Å². The Morgan fingerprint density at radius 3 is 2.77 bits per heavy atom. The van der Waals surface area contributed by atoms with Crippen LogP contribution in [0, 0.1) is 29.1 Å². The zero-order chi connectivity index (χ0) is 16.3. The first-order valence-electron chi connectivity index (χ1n) is 8.33. The third-order valence-electron chi connectivity index (χ3n) is 6.07. The van der Waals surface area contributed by atoms with E-state index < -0.39 is 5.97 Å². The highest BCUT2D eigenvalue weighted by Gasteiger charge is 2.51. The Hall–Kier alpha value is -1.32. The summed E-state index contributed by atoms with van der Waals surface area (Å²) < 4.78 is 4.74. The van der Waals surface area contributed by atoms with Gasteiger partial charge in [0.25, 0.3) is 0 Å². The predicted octanol–water partition coefficient (Wildman–Crippen LogP) is 3.66. The van der Waals surface area contributed by atoms with Gasteiger partial charge in [-0.3, -0.25) is 9.59 Å². The fraction of sp³-hybridized carbons (Fsp3) is 0.778. The number of carbonyl (C=O) groups excluding carboxylic acids is 1. The predicted molar refractivity (Wildman–Crippen MR) is 84.2 cm³/mol. The van der Waals surface area contributed by atoms with Crippen molar-refractivity contribution in [2.45, 2.75) is 52.4 Å². The van der Waals surface area contributed by atoms with Gasteiger partial charge in [0.15, 0.2) is 0 Å². The van der Waals surface area contributed by atoms with Crippen LogP contribution in [0.15, 0.2) is 12.2 Å². The summed E-state index contributed by atoms with van der Waals surface area (Å²) in [5, 5.41) is 9.13. The Balaban J connectivity index is 2.05. The Morgan fingerprint density at radius 2 is 2.14 bits per heavy atom. The summed E-state index contributed by atoms with van der Waals surface area (Å²) in [4.78, 5) is 22.5. The first kappa shape index (κ1) is 17.0. The van der Waals surface area contributed by atoms with E-state index >= 15 is 0 Å². The summed E-state index contributed by atoms with van der Waals surface area (Å²) in [7, 11) is 1.43. The zero-order valence-electron chi connectivity index (χ0n) is 13.9. The lowest BCUT2D eigenvalue weighted by Gasteiger charge is -2.44. The molecule has 0 radical (unpaired) electrons. The normalized spacial score (nSPS) is 35.0. The molecule has 5 atom stereocenters. The molecule has 0 heterocycles. The number of fused-ring (bicyclic) bond motifs is 1. The average Bonchev–Trinajstić information content (AvgIpc) is 2.82. The molecule has 0 bridgehead atoms. The van der Waals surface area contributed by atoms with Crippen molar-refractivity contribution in [2.75, 3.05) is 7.11 Å². The summed E-state index contributed by atoms with van der Waals surface area (Å²) in [6.07, 6.45) is 9.13. The fourth-order valence-electron chi connectivity index (χ4n) is 4.93. The number of esters is 1. The zero-order valence-corrected chi connectivity index (χ0v) is 13.9. The highest BCUT2D eigenvalue weighted by atomic mass is 16.5. The van der Waals surface area contributed by atoms with Gasteiger partial charge in [-0.2, -0.15) is 0 Å². The van der Waals surface area contributed by atoms with Crippen LogP contribution in [0.25, 0.3) is 0 Å². The largest absolute Gasteiger partial charge is 0.481 e. The third kappa shape index (κ3) is 3.36. The maximum Gasteiger partial charge on any atom is 0.305 e. The van der Waals surface area contributed by atoms with Gasteiger partial charge < -0.3 is 9.84 Å². The number of ether oxygens (including phenoxy) is 1. The van der Waals surface area contributed by atoms with Crippen molar-refractivity contribution in [1.29, 1.82) is 0 Å². The molecular formula is C18H28O4. The van der Waals surface area contributed by atoms with Crippen LogP contribution in [0.4, 0.5) is 0 Å². The Morgan fingerprint density at radius 1 is 1.41 bits per heavy atom. The second kappa shape index (κ2) is 6.84. The van der Waals surface area contributed by atoms with Crippen LogP contribution in [0.2, 0.25) is 0 Å². The third-order valence-corrected chi connectivity index (χ3v) is 6.07. The van der Waals surface area contributed by atoms with Crippen molar-refractivity contribution in [3.63, 3.8) is 0 Å². The van der Waals surface area contributed by atoms with Gasteiger partial charge in [0.05, 0.1) is 13.5 Å². The molecule has 0 aromatic carbocycles. The number of hydrogen-bond donors (Lipinski definition) is 1. The number of allylic oxidation sites excluding steroid dienone is 2. The molecule has 2 aliphatic rings. The van der Waals surface area contributed by atoms with Gasteiger partial charge in [-0.1, -0.05) is 26.0 Å². The summed E-state index contributed by atoms with van der Waals surface area (Å²) in [6.45, 7) is 4.55. The molecule has 1 N–H and O–H groups in total. The first-order valence-corrected chi connectivity index (χ1v) is 8.33. The number of hydrogen-bond acceptors (Lipinski definition) is 3. The monoisotopic (exact) mass is 308 g/mol. The van der Waals surface area contributed by atoms with E-state index in [0.29, 0.717) is 24.2 Å². The van der Waals surface area contributed by atoms with E-state index in [-0.39, 0.29) is 23.7 Å². The Kier molecular flexibility index (Phi) is 5.30. The molecule has 0 aliphatic heterocycles. The summed E-state index contributed by atoms with van der Waals surface area (Å²) in [5.41, 5.74) is 0.171. The Labute approximate surface area is 132 Å². The van der Waals surface area contributed by atoms with Crippen LogP contribution in [0.3, 0.4) is 0 Å². The first-order chi connectivity index (χ1) is 10.4. The van der Waals surface area contributed by atoms with Crippen LogP contribution in [0.1, 0.15) is 52.4 Å².